The number of nitrogens with two attached hydrogens (primary N) is 1. The highest BCUT2D eigenvalue weighted by molar-refractivity contribution is 5.64. The Balaban J connectivity index is 2.07. The molecule has 0 saturated carbocycles. The van der Waals surface area contributed by atoms with E-state index in [-0.39, 0.29) is 19.0 Å². The van der Waals surface area contributed by atoms with Crippen molar-refractivity contribution in [1.82, 2.24) is 4.57 Å². The zero-order chi connectivity index (χ0) is 21.7. The Hall–Kier alpha value is -3.10. The third kappa shape index (κ3) is 4.90. The minimum atomic E-state index is -4.73. The lowest BCUT2D eigenvalue weighted by atomic mass is 10.1. The molecule has 0 bridgehead atoms. The van der Waals surface area contributed by atoms with Crippen LogP contribution in [0.4, 0.5) is 18.9 Å². The number of alkyl halides is 3. The van der Waals surface area contributed by atoms with Gasteiger partial charge in [-0.1, -0.05) is 54.6 Å². The lowest BCUT2D eigenvalue weighted by molar-refractivity contribution is -0.137. The van der Waals surface area contributed by atoms with Crippen LogP contribution in [0.3, 0.4) is 0 Å². The van der Waals surface area contributed by atoms with E-state index in [2.05, 4.69) is 0 Å². The number of ether oxygens (including phenoxy) is 2. The van der Waals surface area contributed by atoms with Crippen molar-refractivity contribution in [3.63, 3.8) is 0 Å². The van der Waals surface area contributed by atoms with E-state index in [9.17, 15) is 18.0 Å². The van der Waals surface area contributed by atoms with Gasteiger partial charge in [-0.05, 0) is 22.8 Å². The molecule has 2 N–H and O–H groups in total. The molecule has 0 aliphatic rings. The van der Waals surface area contributed by atoms with E-state index in [1.165, 1.54) is 11.7 Å². The number of benzene rings is 2. The number of pyridine rings is 1. The summed E-state index contributed by atoms with van der Waals surface area (Å²) in [5, 5.41) is 0. The number of nitrogen functional groups attached to an aromatic ring is 1. The molecule has 0 aliphatic heterocycles. The Kier molecular flexibility index (Phi) is 6.59. The fraction of sp³-hybridized carbons (Fsp3) is 0.227. The summed E-state index contributed by atoms with van der Waals surface area (Å²) >= 11 is 0. The van der Waals surface area contributed by atoms with Crippen LogP contribution in [0.1, 0.15) is 16.7 Å². The maximum atomic E-state index is 13.4. The van der Waals surface area contributed by atoms with Crippen molar-refractivity contribution in [2.75, 3.05) is 19.6 Å². The molecule has 0 aliphatic carbocycles. The van der Waals surface area contributed by atoms with Crippen molar-refractivity contribution in [2.24, 2.45) is 0 Å². The minimum absolute atomic E-state index is 0.0590. The normalized spacial score (nSPS) is 11.6. The molecule has 0 saturated heterocycles. The number of methoxy groups -OCH3 is 1. The van der Waals surface area contributed by atoms with Crippen molar-refractivity contribution in [3.8, 4) is 11.3 Å². The van der Waals surface area contributed by atoms with Crippen LogP contribution in [-0.4, -0.2) is 18.5 Å². The van der Waals surface area contributed by atoms with Crippen molar-refractivity contribution in [1.29, 1.82) is 0 Å². The molecule has 0 unspecified atom stereocenters. The topological polar surface area (TPSA) is 66.5 Å². The summed E-state index contributed by atoms with van der Waals surface area (Å²) in [6.07, 6.45) is -4.73. The second-order valence-corrected chi connectivity index (χ2v) is 6.69. The van der Waals surface area contributed by atoms with Gasteiger partial charge in [0.2, 0.25) is 0 Å². The van der Waals surface area contributed by atoms with Crippen LogP contribution >= 0.6 is 0 Å². The first kappa shape index (κ1) is 21.6. The van der Waals surface area contributed by atoms with Crippen LogP contribution in [0.5, 0.6) is 0 Å². The maximum absolute atomic E-state index is 13.4. The first-order valence-electron chi connectivity index (χ1n) is 9.11. The highest BCUT2D eigenvalue weighted by Crippen LogP contribution is 2.34. The van der Waals surface area contributed by atoms with Gasteiger partial charge in [0.15, 0.2) is 0 Å². The lowest BCUT2D eigenvalue weighted by Crippen LogP contribution is -2.28. The lowest BCUT2D eigenvalue weighted by Gasteiger charge is -2.18. The molecular formula is C22H21F3N2O3. The summed E-state index contributed by atoms with van der Waals surface area (Å²) < 4.78 is 51.7. The molecule has 30 heavy (non-hydrogen) atoms. The molecule has 2 aromatic carbocycles. The van der Waals surface area contributed by atoms with Crippen LogP contribution in [0, 0.1) is 0 Å². The summed E-state index contributed by atoms with van der Waals surface area (Å²) in [5.74, 6) is 0. The summed E-state index contributed by atoms with van der Waals surface area (Å²) in [7, 11) is 1.52. The molecule has 0 amide bonds. The fourth-order valence-electron chi connectivity index (χ4n) is 3.15. The van der Waals surface area contributed by atoms with E-state index in [1.54, 1.807) is 42.5 Å². The summed E-state index contributed by atoms with van der Waals surface area (Å²) in [6.45, 7) is 0.498. The Morgan fingerprint density at radius 2 is 1.70 bits per heavy atom. The number of hydrogen-bond acceptors (Lipinski definition) is 4. The molecule has 0 fully saturated rings. The molecule has 8 heteroatoms. The molecule has 0 spiro atoms. The van der Waals surface area contributed by atoms with Crippen LogP contribution in [0.15, 0.2) is 65.5 Å². The monoisotopic (exact) mass is 418 g/mol. The van der Waals surface area contributed by atoms with Gasteiger partial charge in [0.1, 0.15) is 12.5 Å². The van der Waals surface area contributed by atoms with Gasteiger partial charge in [0.05, 0.1) is 24.4 Å². The summed E-state index contributed by atoms with van der Waals surface area (Å²) in [6, 6.07) is 16.6. The smallest absolute Gasteiger partial charge is 0.394 e. The van der Waals surface area contributed by atoms with E-state index < -0.39 is 23.0 Å². The zero-order valence-corrected chi connectivity index (χ0v) is 16.3. The van der Waals surface area contributed by atoms with Crippen molar-refractivity contribution in [3.05, 3.63) is 87.7 Å². The molecule has 1 aromatic heterocycles. The SMILES string of the molecule is COCOCc1cccc(Cn2c(-c3ccccc3)cc(C(F)(F)F)c(N)c2=O)c1. The standard InChI is InChI=1S/C22H21F3N2O3/c1-29-14-30-13-16-7-5-6-15(10-16)12-27-19(17-8-3-2-4-9-17)11-18(22(23,24)25)20(26)21(27)28/h2-11H,12-14,26H2,1H3. The first-order valence-corrected chi connectivity index (χ1v) is 9.11. The van der Waals surface area contributed by atoms with Crippen LogP contribution in [0.2, 0.25) is 0 Å². The molecule has 3 aromatic rings. The molecule has 0 radical (unpaired) electrons. The Labute approximate surface area is 171 Å². The second-order valence-electron chi connectivity index (χ2n) is 6.69. The van der Waals surface area contributed by atoms with Gasteiger partial charge in [-0.2, -0.15) is 13.2 Å². The number of aromatic nitrogens is 1. The number of hydrogen-bond donors (Lipinski definition) is 1. The summed E-state index contributed by atoms with van der Waals surface area (Å²) in [5.41, 5.74) is 4.96. The number of halogens is 3. The average Bonchev–Trinajstić information content (AvgIpc) is 2.72. The van der Waals surface area contributed by atoms with Crippen molar-refractivity contribution in [2.45, 2.75) is 19.3 Å². The third-order valence-electron chi connectivity index (χ3n) is 4.51. The van der Waals surface area contributed by atoms with Crippen LogP contribution in [-0.2, 0) is 28.8 Å². The number of nitrogens with zero attached hydrogens (tertiary/aromatic N) is 1. The van der Waals surface area contributed by atoms with Crippen LogP contribution in [0.25, 0.3) is 11.3 Å². The highest BCUT2D eigenvalue weighted by Gasteiger charge is 2.35. The van der Waals surface area contributed by atoms with Crippen LogP contribution < -0.4 is 11.3 Å². The molecule has 0 atom stereocenters. The second kappa shape index (κ2) is 9.15. The van der Waals surface area contributed by atoms with E-state index in [1.807, 2.05) is 12.1 Å². The van der Waals surface area contributed by atoms with Gasteiger partial charge in [0, 0.05) is 7.11 Å². The molecule has 158 valence electrons. The minimum Gasteiger partial charge on any atom is -0.394 e. The third-order valence-corrected chi connectivity index (χ3v) is 4.51. The molecule has 3 rings (SSSR count). The van der Waals surface area contributed by atoms with Crippen molar-refractivity contribution < 1.29 is 22.6 Å². The Bertz CT molecular complexity index is 1060. The quantitative estimate of drug-likeness (QED) is 0.459. The predicted molar refractivity (Wildman–Crippen MR) is 108 cm³/mol. The fourth-order valence-corrected chi connectivity index (χ4v) is 3.15. The highest BCUT2D eigenvalue weighted by atomic mass is 19.4. The van der Waals surface area contributed by atoms with E-state index in [0.29, 0.717) is 12.2 Å². The Morgan fingerprint density at radius 3 is 2.37 bits per heavy atom. The van der Waals surface area contributed by atoms with Gasteiger partial charge in [-0.3, -0.25) is 4.79 Å². The molecule has 5 nitrogen and oxygen atoms in total. The molecular weight excluding hydrogens is 397 g/mol. The number of anilines is 1. The van der Waals surface area contributed by atoms with E-state index in [4.69, 9.17) is 15.2 Å². The van der Waals surface area contributed by atoms with E-state index >= 15 is 0 Å². The van der Waals surface area contributed by atoms with Crippen molar-refractivity contribution >= 4 is 5.69 Å². The summed E-state index contributed by atoms with van der Waals surface area (Å²) in [4.78, 5) is 12.8. The largest absolute Gasteiger partial charge is 0.418 e. The predicted octanol–water partition coefficient (Wildman–Crippen LogP) is 4.29. The van der Waals surface area contributed by atoms with Gasteiger partial charge in [-0.15, -0.1) is 0 Å². The van der Waals surface area contributed by atoms with Gasteiger partial charge >= 0.3 is 6.18 Å². The van der Waals surface area contributed by atoms with Gasteiger partial charge in [0.25, 0.3) is 5.56 Å². The van der Waals surface area contributed by atoms with Gasteiger partial charge in [-0.25, -0.2) is 0 Å². The first-order chi connectivity index (χ1) is 14.3. The average molecular weight is 418 g/mol. The molecule has 1 heterocycles. The Morgan fingerprint density at radius 1 is 1.00 bits per heavy atom. The maximum Gasteiger partial charge on any atom is 0.418 e. The van der Waals surface area contributed by atoms with Gasteiger partial charge < -0.3 is 19.8 Å². The number of rotatable bonds is 7. The van der Waals surface area contributed by atoms with E-state index in [0.717, 1.165) is 17.2 Å². The zero-order valence-electron chi connectivity index (χ0n) is 16.3.